The molecule has 0 unspecified atom stereocenters. The van der Waals surface area contributed by atoms with Gasteiger partial charge in [-0.2, -0.15) is 19.6 Å². The van der Waals surface area contributed by atoms with Gasteiger partial charge in [-0.05, 0) is 47.1 Å². The Morgan fingerprint density at radius 3 is 1.06 bits per heavy atom. The first-order valence-electron chi connectivity index (χ1n) is 33.0. The van der Waals surface area contributed by atoms with Crippen molar-refractivity contribution in [2.75, 3.05) is 93.9 Å². The van der Waals surface area contributed by atoms with E-state index in [1.807, 2.05) is 213 Å². The van der Waals surface area contributed by atoms with Gasteiger partial charge in [-0.1, -0.05) is 232 Å². The van der Waals surface area contributed by atoms with Gasteiger partial charge in [0.05, 0.1) is 37.5 Å². The van der Waals surface area contributed by atoms with E-state index in [2.05, 4.69) is 42.5 Å². The van der Waals surface area contributed by atoms with Crippen LogP contribution in [-0.2, 0) is 44.0 Å². The van der Waals surface area contributed by atoms with Gasteiger partial charge in [0, 0.05) is 92.8 Å². The van der Waals surface area contributed by atoms with Crippen molar-refractivity contribution >= 4 is 95.6 Å². The third kappa shape index (κ3) is 17.3. The summed E-state index contributed by atoms with van der Waals surface area (Å²) >= 11 is 20.7. The lowest BCUT2D eigenvalue weighted by Gasteiger charge is -2.35. The number of carbonyl (C=O) groups excluding carboxylic acids is 3. The van der Waals surface area contributed by atoms with E-state index in [0.717, 1.165) is 65.9 Å². The third-order valence-electron chi connectivity index (χ3n) is 17.9. The minimum Gasteiger partial charge on any atom is -0.343 e. The Bertz CT molecular complexity index is 5010. The van der Waals surface area contributed by atoms with Crippen LogP contribution in [0, 0.1) is 0 Å². The highest BCUT2D eigenvalue weighted by atomic mass is 35.5. The topological polar surface area (TPSA) is 236 Å². The number of amides is 3. The van der Waals surface area contributed by atoms with E-state index < -0.39 is 10.0 Å². The minimum atomic E-state index is -3.28. The zero-order valence-electron chi connectivity index (χ0n) is 56.7. The molecule has 6 aromatic carbocycles. The van der Waals surface area contributed by atoms with Crippen LogP contribution >= 0.6 is 34.8 Å². The highest BCUT2D eigenvalue weighted by molar-refractivity contribution is 7.88. The number of piperazine rings is 1. The molecule has 0 atom stereocenters. The van der Waals surface area contributed by atoms with Crippen LogP contribution in [0.5, 0.6) is 0 Å². The molecule has 0 bridgehead atoms. The summed E-state index contributed by atoms with van der Waals surface area (Å²) in [6, 6.07) is 58.4. The molecule has 2 aliphatic heterocycles. The van der Waals surface area contributed by atoms with Gasteiger partial charge in [0.15, 0.2) is 16.9 Å². The maximum atomic E-state index is 13.2. The van der Waals surface area contributed by atoms with Crippen LogP contribution in [0.25, 0.3) is 101 Å². The van der Waals surface area contributed by atoms with Gasteiger partial charge in [-0.3, -0.25) is 14.4 Å². The van der Waals surface area contributed by atoms with Gasteiger partial charge in [0.1, 0.15) is 53.8 Å². The van der Waals surface area contributed by atoms with Crippen molar-refractivity contribution in [2.24, 2.45) is 0 Å². The van der Waals surface area contributed by atoms with Gasteiger partial charge in [0.2, 0.25) is 27.7 Å². The van der Waals surface area contributed by atoms with Gasteiger partial charge in [-0.25, -0.2) is 22.5 Å². The van der Waals surface area contributed by atoms with Crippen LogP contribution in [0.1, 0.15) is 27.7 Å². The first-order chi connectivity index (χ1) is 48.8. The lowest BCUT2D eigenvalue weighted by molar-refractivity contribution is -0.134. The molecule has 12 aromatic rings. The Hall–Kier alpha value is -9.92. The molecule has 27 heteroatoms. The molecule has 0 radical (unpaired) electrons. The van der Waals surface area contributed by atoms with E-state index in [9.17, 15) is 22.8 Å². The van der Waals surface area contributed by atoms with Gasteiger partial charge in [-0.15, -0.1) is 30.6 Å². The molecule has 8 heterocycles. The SMILES string of the molecule is C.C.CN(C)CCN(C)C(=O)Cn1nc(-c2ccccc2)c2c(Cl)c(-c3ccccc3)nnc21.CN1CCC(N(C)C(=O)Cn2nc(-c3ccccc3)c3c(Cl)c(-c4ccccc4)nnc32)CC1.CS(=O)(=O)N1CCN(C(=O)Cn2nc(-c3ccccc3)c3c(Cl)c(-c4ccccc4)nnc32)CC1. The molecule has 6 aromatic heterocycles. The summed E-state index contributed by atoms with van der Waals surface area (Å²) in [4.78, 5) is 48.7. The van der Waals surface area contributed by atoms with Crippen molar-refractivity contribution in [1.29, 1.82) is 0 Å². The van der Waals surface area contributed by atoms with Crippen molar-refractivity contribution < 1.29 is 22.8 Å². The fraction of sp³-hybridized carbons (Fsp3) is 0.289. The van der Waals surface area contributed by atoms with E-state index in [1.54, 1.807) is 26.2 Å². The van der Waals surface area contributed by atoms with Gasteiger partial charge in [0.25, 0.3) is 0 Å². The summed E-state index contributed by atoms with van der Waals surface area (Å²) in [5, 5.41) is 44.2. The predicted molar refractivity (Wildman–Crippen MR) is 410 cm³/mol. The number of carbonyl (C=O) groups is 3. The molecule has 0 aliphatic carbocycles. The molecule has 534 valence electrons. The monoisotopic (exact) mass is 1460 g/mol. The van der Waals surface area contributed by atoms with E-state index in [0.29, 0.717) is 102 Å². The molecule has 2 aliphatic rings. The first-order valence-corrected chi connectivity index (χ1v) is 36.0. The number of likely N-dealkylation sites (N-methyl/N-ethyl adjacent to an activating group) is 3. The maximum absolute atomic E-state index is 13.2. The summed E-state index contributed by atoms with van der Waals surface area (Å²) in [5.41, 5.74) is 10.4. The molecule has 0 N–H and O–H groups in total. The van der Waals surface area contributed by atoms with Crippen LogP contribution in [0.3, 0.4) is 0 Å². The smallest absolute Gasteiger partial charge is 0.244 e. The molecule has 2 saturated heterocycles. The second kappa shape index (κ2) is 33.9. The first kappa shape index (κ1) is 75.7. The number of fused-ring (bicyclic) bond motifs is 3. The van der Waals surface area contributed by atoms with Crippen LogP contribution in [0.2, 0.25) is 15.1 Å². The predicted octanol–water partition coefficient (Wildman–Crippen LogP) is 12.4. The Kier molecular flexibility index (Phi) is 24.9. The summed E-state index contributed by atoms with van der Waals surface area (Å²) in [6.07, 6.45) is 3.12. The lowest BCUT2D eigenvalue weighted by Crippen LogP contribution is -2.51. The number of halogens is 3. The van der Waals surface area contributed by atoms with E-state index >= 15 is 0 Å². The number of hydrogen-bond donors (Lipinski definition) is 0. The van der Waals surface area contributed by atoms with Gasteiger partial charge < -0.3 is 24.5 Å². The minimum absolute atomic E-state index is 0. The van der Waals surface area contributed by atoms with E-state index in [1.165, 1.54) is 15.2 Å². The summed E-state index contributed by atoms with van der Waals surface area (Å²) in [5.74, 6) is -0.225. The number of rotatable bonds is 17. The Labute approximate surface area is 615 Å². The van der Waals surface area contributed by atoms with Crippen LogP contribution in [0.4, 0.5) is 0 Å². The molecular formula is C76H83Cl3N18O5S. The third-order valence-corrected chi connectivity index (χ3v) is 20.3. The maximum Gasteiger partial charge on any atom is 0.244 e. The molecule has 3 amide bonds. The highest BCUT2D eigenvalue weighted by Crippen LogP contribution is 2.41. The average Bonchev–Trinajstić information content (AvgIpc) is 1.63. The number of benzene rings is 6. The van der Waals surface area contributed by atoms with E-state index in [-0.39, 0.29) is 71.3 Å². The normalized spacial score (nSPS) is 13.6. The number of nitrogens with zero attached hydrogens (tertiary/aromatic N) is 18. The standard InChI is InChI=1S/C26H27ClN6O.C24H23ClN6O3S.C24H25ClN6O.2CH4/c1-31-15-13-20(14-16-31)32(2)21(34)17-33-26-22(24(30-33)18-9-5-3-6-10-18)23(27)25(28-29-26)19-11-7-4-8-12-19;1-35(33,34)30-14-12-29(13-15-30)19(32)16-31-24-20(22(28-31)17-8-4-2-5-9-17)21(25)23(26-27-24)18-10-6-3-7-11-18;1-29(2)14-15-30(3)19(32)16-31-24-20(22(28-31)17-10-6-4-7-11-17)21(25)23(26-27-24)18-12-8-5-9-13-18;;/h3-12,20H,13-17H2,1-2H3;2-11H,12-16H2,1H3;4-13H,14-16H2,1-3H3;2*1H4. The fourth-order valence-electron chi connectivity index (χ4n) is 12.2. The molecule has 0 spiro atoms. The zero-order valence-corrected chi connectivity index (χ0v) is 59.8. The van der Waals surface area contributed by atoms with Crippen molar-refractivity contribution in [2.45, 2.75) is 53.4 Å². The summed E-state index contributed by atoms with van der Waals surface area (Å²) in [6.45, 7) is 4.66. The Morgan fingerprint density at radius 2 is 0.738 bits per heavy atom. The molecule has 14 rings (SSSR count). The lowest BCUT2D eigenvalue weighted by atomic mass is 10.0. The molecule has 23 nitrogen and oxygen atoms in total. The number of aromatic nitrogens is 12. The number of hydrogen-bond acceptors (Lipinski definition) is 16. The second-order valence-corrected chi connectivity index (χ2v) is 28.2. The largest absolute Gasteiger partial charge is 0.343 e. The van der Waals surface area contributed by atoms with Crippen LogP contribution < -0.4 is 0 Å². The quantitative estimate of drug-likeness (QED) is 0.0824. The summed E-state index contributed by atoms with van der Waals surface area (Å²) in [7, 11) is 6.48. The number of piperidine rings is 1. The van der Waals surface area contributed by atoms with Crippen LogP contribution in [0.15, 0.2) is 182 Å². The van der Waals surface area contributed by atoms with E-state index in [4.69, 9.17) is 50.1 Å². The highest BCUT2D eigenvalue weighted by Gasteiger charge is 2.31. The number of sulfonamides is 1. The fourth-order valence-corrected chi connectivity index (χ4v) is 14.0. The zero-order chi connectivity index (χ0) is 70.9. The van der Waals surface area contributed by atoms with Crippen molar-refractivity contribution in [3.63, 3.8) is 0 Å². The second-order valence-electron chi connectivity index (χ2n) is 25.1. The Balaban J connectivity index is 0.000000165. The average molecular weight is 1470 g/mol. The molecule has 0 saturated carbocycles. The van der Waals surface area contributed by atoms with Crippen LogP contribution in [-0.4, -0.2) is 215 Å². The molecular weight excluding hydrogens is 1380 g/mol. The summed E-state index contributed by atoms with van der Waals surface area (Å²) < 4.78 is 29.7. The molecule has 103 heavy (non-hydrogen) atoms. The van der Waals surface area contributed by atoms with Crippen molar-refractivity contribution in [1.82, 2.24) is 88.7 Å². The Morgan fingerprint density at radius 1 is 0.427 bits per heavy atom. The van der Waals surface area contributed by atoms with Crippen molar-refractivity contribution in [3.8, 4) is 67.5 Å². The molecule has 2 fully saturated rings. The van der Waals surface area contributed by atoms with Crippen molar-refractivity contribution in [3.05, 3.63) is 197 Å². The van der Waals surface area contributed by atoms with Gasteiger partial charge >= 0.3 is 0 Å². The number of likely N-dealkylation sites (tertiary alicyclic amines) is 1.